The third kappa shape index (κ3) is 3.74. The van der Waals surface area contributed by atoms with E-state index in [-0.39, 0.29) is 0 Å². The van der Waals surface area contributed by atoms with Crippen LogP contribution in [-0.4, -0.2) is 13.2 Å². The zero-order valence-corrected chi connectivity index (χ0v) is 11.5. The fraction of sp³-hybridized carbons (Fsp3) is 0.625. The molecule has 1 aliphatic heterocycles. The third-order valence-electron chi connectivity index (χ3n) is 3.59. The molecule has 0 spiro atoms. The molecule has 0 atom stereocenters. The first-order valence-electron chi connectivity index (χ1n) is 7.40. The Hall–Kier alpha value is -1.02. The SMILES string of the molecule is CCCCCCCCON1CCc2ccccc21. The molecule has 0 amide bonds. The molecule has 0 bridgehead atoms. The number of fused-ring (bicyclic) bond motifs is 1. The van der Waals surface area contributed by atoms with Crippen molar-refractivity contribution in [3.63, 3.8) is 0 Å². The maximum absolute atomic E-state index is 5.87. The van der Waals surface area contributed by atoms with E-state index in [2.05, 4.69) is 36.3 Å². The summed E-state index contributed by atoms with van der Waals surface area (Å²) in [5.74, 6) is 0. The van der Waals surface area contributed by atoms with E-state index in [9.17, 15) is 0 Å². The number of para-hydroxylation sites is 1. The Bertz CT molecular complexity index is 351. The highest BCUT2D eigenvalue weighted by Crippen LogP contribution is 2.27. The molecule has 0 radical (unpaired) electrons. The van der Waals surface area contributed by atoms with E-state index >= 15 is 0 Å². The first-order chi connectivity index (χ1) is 8.92. The summed E-state index contributed by atoms with van der Waals surface area (Å²) in [7, 11) is 0. The van der Waals surface area contributed by atoms with Gasteiger partial charge < -0.3 is 0 Å². The van der Waals surface area contributed by atoms with E-state index in [0.717, 1.165) is 19.6 Å². The number of rotatable bonds is 8. The van der Waals surface area contributed by atoms with Crippen LogP contribution in [0.3, 0.4) is 0 Å². The van der Waals surface area contributed by atoms with Crippen LogP contribution in [0.15, 0.2) is 24.3 Å². The van der Waals surface area contributed by atoms with E-state index in [1.54, 1.807) is 0 Å². The van der Waals surface area contributed by atoms with E-state index in [1.165, 1.54) is 49.8 Å². The van der Waals surface area contributed by atoms with Gasteiger partial charge in [-0.1, -0.05) is 57.2 Å². The van der Waals surface area contributed by atoms with E-state index < -0.39 is 0 Å². The highest BCUT2D eigenvalue weighted by Gasteiger charge is 2.18. The summed E-state index contributed by atoms with van der Waals surface area (Å²) in [6, 6.07) is 8.55. The van der Waals surface area contributed by atoms with Crippen LogP contribution in [0, 0.1) is 0 Å². The Morgan fingerprint density at radius 1 is 1.06 bits per heavy atom. The monoisotopic (exact) mass is 247 g/mol. The van der Waals surface area contributed by atoms with Crippen LogP contribution in [0.4, 0.5) is 5.69 Å². The highest BCUT2D eigenvalue weighted by atomic mass is 16.7. The van der Waals surface area contributed by atoms with Crippen molar-refractivity contribution >= 4 is 5.69 Å². The standard InChI is InChI=1S/C16H25NO/c1-2-3-4-5-6-9-14-18-17-13-12-15-10-7-8-11-16(15)17/h7-8,10-11H,2-6,9,12-14H2,1H3. The summed E-state index contributed by atoms with van der Waals surface area (Å²) < 4.78 is 0. The van der Waals surface area contributed by atoms with Gasteiger partial charge in [-0.15, -0.1) is 0 Å². The Labute approximate surface area is 111 Å². The summed E-state index contributed by atoms with van der Waals surface area (Å²) in [6.07, 6.45) is 9.03. The quantitative estimate of drug-likeness (QED) is 0.634. The molecule has 0 N–H and O–H groups in total. The van der Waals surface area contributed by atoms with Crippen LogP contribution in [0.2, 0.25) is 0 Å². The van der Waals surface area contributed by atoms with Crippen molar-refractivity contribution in [2.75, 3.05) is 18.2 Å². The van der Waals surface area contributed by atoms with Gasteiger partial charge in [-0.25, -0.2) is 0 Å². The van der Waals surface area contributed by atoms with Crippen LogP contribution in [0.25, 0.3) is 0 Å². The first-order valence-corrected chi connectivity index (χ1v) is 7.40. The lowest BCUT2D eigenvalue weighted by Crippen LogP contribution is -2.21. The first kappa shape index (κ1) is 13.4. The van der Waals surface area contributed by atoms with Crippen molar-refractivity contribution in [3.05, 3.63) is 29.8 Å². The second-order valence-corrected chi connectivity index (χ2v) is 5.08. The molecule has 0 saturated heterocycles. The molecular weight excluding hydrogens is 222 g/mol. The van der Waals surface area contributed by atoms with Crippen LogP contribution in [-0.2, 0) is 11.3 Å². The lowest BCUT2D eigenvalue weighted by molar-refractivity contribution is 0.109. The maximum atomic E-state index is 5.87. The summed E-state index contributed by atoms with van der Waals surface area (Å²) in [5.41, 5.74) is 2.68. The van der Waals surface area contributed by atoms with Crippen molar-refractivity contribution in [1.82, 2.24) is 0 Å². The highest BCUT2D eigenvalue weighted by molar-refractivity contribution is 5.55. The van der Waals surface area contributed by atoms with Gasteiger partial charge in [0.05, 0.1) is 12.3 Å². The van der Waals surface area contributed by atoms with E-state index in [4.69, 9.17) is 4.84 Å². The van der Waals surface area contributed by atoms with Gasteiger partial charge in [0, 0.05) is 6.54 Å². The van der Waals surface area contributed by atoms with Crippen molar-refractivity contribution in [2.24, 2.45) is 0 Å². The lowest BCUT2D eigenvalue weighted by Gasteiger charge is -2.18. The van der Waals surface area contributed by atoms with E-state index in [0.29, 0.717) is 0 Å². The predicted molar refractivity (Wildman–Crippen MR) is 76.8 cm³/mol. The van der Waals surface area contributed by atoms with Gasteiger partial charge >= 0.3 is 0 Å². The minimum Gasteiger partial charge on any atom is -0.273 e. The average molecular weight is 247 g/mol. The molecular formula is C16H25NO. The molecule has 0 unspecified atom stereocenters. The van der Waals surface area contributed by atoms with Crippen molar-refractivity contribution in [1.29, 1.82) is 0 Å². The second kappa shape index (κ2) is 7.42. The third-order valence-corrected chi connectivity index (χ3v) is 3.59. The van der Waals surface area contributed by atoms with Crippen LogP contribution < -0.4 is 5.06 Å². The minimum atomic E-state index is 0.862. The van der Waals surface area contributed by atoms with Crippen molar-refractivity contribution in [3.8, 4) is 0 Å². The van der Waals surface area contributed by atoms with Crippen LogP contribution in [0.5, 0.6) is 0 Å². The zero-order valence-electron chi connectivity index (χ0n) is 11.5. The Morgan fingerprint density at radius 2 is 1.83 bits per heavy atom. The van der Waals surface area contributed by atoms with Gasteiger partial charge in [-0.2, -0.15) is 0 Å². The molecule has 1 aliphatic rings. The molecule has 2 nitrogen and oxygen atoms in total. The molecule has 1 heterocycles. The lowest BCUT2D eigenvalue weighted by atomic mass is 10.1. The van der Waals surface area contributed by atoms with Crippen LogP contribution >= 0.6 is 0 Å². The van der Waals surface area contributed by atoms with Crippen molar-refractivity contribution < 1.29 is 4.84 Å². The van der Waals surface area contributed by atoms with Gasteiger partial charge in [0.2, 0.25) is 0 Å². The minimum absolute atomic E-state index is 0.862. The molecule has 2 heteroatoms. The fourth-order valence-electron chi connectivity index (χ4n) is 2.50. The van der Waals surface area contributed by atoms with Gasteiger partial charge in [0.15, 0.2) is 0 Å². The number of unbranched alkanes of at least 4 members (excludes halogenated alkanes) is 5. The Kier molecular flexibility index (Phi) is 5.53. The number of hydrogen-bond acceptors (Lipinski definition) is 2. The molecule has 1 aromatic carbocycles. The summed E-state index contributed by atoms with van der Waals surface area (Å²) in [5, 5.41) is 2.07. The predicted octanol–water partition coefficient (Wildman–Crippen LogP) is 4.34. The normalized spacial score (nSPS) is 13.9. The molecule has 18 heavy (non-hydrogen) atoms. The van der Waals surface area contributed by atoms with Crippen LogP contribution in [0.1, 0.15) is 51.0 Å². The number of anilines is 1. The molecule has 0 saturated carbocycles. The molecule has 2 rings (SSSR count). The summed E-state index contributed by atoms with van der Waals surface area (Å²) in [4.78, 5) is 5.87. The molecule has 100 valence electrons. The van der Waals surface area contributed by atoms with Gasteiger partial charge in [-0.3, -0.25) is 9.90 Å². The molecule has 0 aliphatic carbocycles. The largest absolute Gasteiger partial charge is 0.273 e. The van der Waals surface area contributed by atoms with Gasteiger partial charge in [-0.05, 0) is 24.5 Å². The zero-order chi connectivity index (χ0) is 12.6. The van der Waals surface area contributed by atoms with E-state index in [1.807, 2.05) is 0 Å². The maximum Gasteiger partial charge on any atom is 0.0748 e. The van der Waals surface area contributed by atoms with Gasteiger partial charge in [0.1, 0.15) is 0 Å². The molecule has 1 aromatic rings. The number of hydroxylamine groups is 1. The average Bonchev–Trinajstić information content (AvgIpc) is 2.81. The fourth-order valence-corrected chi connectivity index (χ4v) is 2.50. The van der Waals surface area contributed by atoms with Gasteiger partial charge in [0.25, 0.3) is 0 Å². The molecule has 0 aromatic heterocycles. The number of nitrogens with zero attached hydrogens (tertiary/aromatic N) is 1. The second-order valence-electron chi connectivity index (χ2n) is 5.08. The Morgan fingerprint density at radius 3 is 2.72 bits per heavy atom. The number of benzene rings is 1. The topological polar surface area (TPSA) is 12.5 Å². The smallest absolute Gasteiger partial charge is 0.0748 e. The van der Waals surface area contributed by atoms with Crippen molar-refractivity contribution in [2.45, 2.75) is 51.9 Å². The Balaban J connectivity index is 1.61. The summed E-state index contributed by atoms with van der Waals surface area (Å²) in [6.45, 7) is 4.13. The summed E-state index contributed by atoms with van der Waals surface area (Å²) >= 11 is 0. The number of hydrogen-bond donors (Lipinski definition) is 0. The molecule has 0 fully saturated rings.